The van der Waals surface area contributed by atoms with Gasteiger partial charge in [0.1, 0.15) is 17.3 Å². The van der Waals surface area contributed by atoms with Crippen LogP contribution in [0.15, 0.2) is 36.4 Å². The maximum absolute atomic E-state index is 14.3. The molecule has 3 aromatic rings. The molecular weight excluding hydrogens is 282 g/mol. The number of fused-ring (bicyclic) bond motifs is 1. The molecule has 0 spiro atoms. The van der Waals surface area contributed by atoms with Gasteiger partial charge in [-0.25, -0.2) is 13.8 Å². The topological polar surface area (TPSA) is 17.8 Å². The van der Waals surface area contributed by atoms with E-state index in [1.54, 1.807) is 25.1 Å². The monoisotopic (exact) mass is 292 g/mol. The van der Waals surface area contributed by atoms with Crippen LogP contribution in [0.4, 0.5) is 8.78 Å². The molecule has 0 atom stereocenters. The molecule has 3 rings (SSSR count). The Bertz CT molecular complexity index is 796. The zero-order valence-corrected chi connectivity index (χ0v) is 11.5. The number of nitrogens with zero attached hydrogens (tertiary/aromatic N) is 2. The third kappa shape index (κ3) is 1.88. The van der Waals surface area contributed by atoms with Crippen molar-refractivity contribution in [3.8, 4) is 5.69 Å². The van der Waals surface area contributed by atoms with Gasteiger partial charge in [-0.1, -0.05) is 18.2 Å². The molecule has 2 nitrogen and oxygen atoms in total. The lowest BCUT2D eigenvalue weighted by Gasteiger charge is -2.11. The van der Waals surface area contributed by atoms with E-state index >= 15 is 0 Å². The van der Waals surface area contributed by atoms with Gasteiger partial charge in [-0.2, -0.15) is 0 Å². The Hall–Kier alpha value is -1.94. The summed E-state index contributed by atoms with van der Waals surface area (Å²) < 4.78 is 29.9. The van der Waals surface area contributed by atoms with E-state index in [2.05, 4.69) is 4.98 Å². The van der Waals surface area contributed by atoms with Crippen LogP contribution >= 0.6 is 11.6 Å². The third-order valence-corrected chi connectivity index (χ3v) is 3.47. The van der Waals surface area contributed by atoms with E-state index in [1.165, 1.54) is 16.7 Å². The van der Waals surface area contributed by atoms with Crippen molar-refractivity contribution in [2.75, 3.05) is 0 Å². The molecule has 5 heteroatoms. The Morgan fingerprint density at radius 2 is 1.90 bits per heavy atom. The van der Waals surface area contributed by atoms with Crippen molar-refractivity contribution >= 4 is 22.6 Å². The van der Waals surface area contributed by atoms with Gasteiger partial charge in [-0.15, -0.1) is 11.6 Å². The van der Waals surface area contributed by atoms with Crippen LogP contribution in [0.5, 0.6) is 0 Å². The fourth-order valence-corrected chi connectivity index (χ4v) is 2.44. The molecule has 0 bridgehead atoms. The predicted octanol–water partition coefficient (Wildman–Crippen LogP) is 4.35. The second kappa shape index (κ2) is 4.87. The Morgan fingerprint density at radius 3 is 2.65 bits per heavy atom. The van der Waals surface area contributed by atoms with E-state index in [0.717, 1.165) is 0 Å². The number of imidazole rings is 1. The van der Waals surface area contributed by atoms with Gasteiger partial charge in [0.15, 0.2) is 5.82 Å². The molecule has 2 aromatic carbocycles. The number of aryl methyl sites for hydroxylation is 1. The molecule has 0 N–H and O–H groups in total. The van der Waals surface area contributed by atoms with E-state index < -0.39 is 11.6 Å². The molecule has 0 amide bonds. The number of hydrogen-bond donors (Lipinski definition) is 0. The lowest BCUT2D eigenvalue weighted by molar-refractivity contribution is 0.563. The molecule has 20 heavy (non-hydrogen) atoms. The fraction of sp³-hybridized carbons (Fsp3) is 0.133. The lowest BCUT2D eigenvalue weighted by Crippen LogP contribution is -2.06. The summed E-state index contributed by atoms with van der Waals surface area (Å²) in [6.45, 7) is 1.60. The van der Waals surface area contributed by atoms with Crippen LogP contribution in [0, 0.1) is 18.6 Å². The summed E-state index contributed by atoms with van der Waals surface area (Å²) in [6, 6.07) is 9.83. The minimum atomic E-state index is -0.636. The Balaban J connectivity index is 2.43. The van der Waals surface area contributed by atoms with Crippen LogP contribution in [-0.2, 0) is 5.88 Å². The van der Waals surface area contributed by atoms with E-state index in [4.69, 9.17) is 11.6 Å². The summed E-state index contributed by atoms with van der Waals surface area (Å²) in [5.41, 5.74) is 1.53. The summed E-state index contributed by atoms with van der Waals surface area (Å²) in [4.78, 5) is 4.32. The molecule has 0 radical (unpaired) electrons. The van der Waals surface area contributed by atoms with Crippen LogP contribution < -0.4 is 0 Å². The van der Waals surface area contributed by atoms with Crippen molar-refractivity contribution < 1.29 is 8.78 Å². The third-order valence-electron chi connectivity index (χ3n) is 3.23. The summed E-state index contributed by atoms with van der Waals surface area (Å²) in [7, 11) is 0. The zero-order chi connectivity index (χ0) is 14.3. The first kappa shape index (κ1) is 13.1. The van der Waals surface area contributed by atoms with E-state index in [-0.39, 0.29) is 11.6 Å². The summed E-state index contributed by atoms with van der Waals surface area (Å²) >= 11 is 5.87. The molecule has 0 saturated heterocycles. The minimum absolute atomic E-state index is 0.0709. The highest BCUT2D eigenvalue weighted by Gasteiger charge is 2.19. The minimum Gasteiger partial charge on any atom is -0.290 e. The highest BCUT2D eigenvalue weighted by molar-refractivity contribution is 6.17. The second-order valence-corrected chi connectivity index (χ2v) is 4.78. The summed E-state index contributed by atoms with van der Waals surface area (Å²) in [5, 5.41) is 0. The van der Waals surface area contributed by atoms with Crippen molar-refractivity contribution in [1.82, 2.24) is 9.55 Å². The van der Waals surface area contributed by atoms with Crippen LogP contribution in [0.2, 0.25) is 0 Å². The fourth-order valence-electron chi connectivity index (χ4n) is 2.26. The first-order chi connectivity index (χ1) is 9.63. The molecule has 1 heterocycles. The Labute approximate surface area is 119 Å². The summed E-state index contributed by atoms with van der Waals surface area (Å²) in [5.74, 6) is -0.750. The quantitative estimate of drug-likeness (QED) is 0.642. The number of benzene rings is 2. The van der Waals surface area contributed by atoms with Crippen molar-refractivity contribution in [2.45, 2.75) is 12.8 Å². The number of halogens is 3. The van der Waals surface area contributed by atoms with Gasteiger partial charge in [0.25, 0.3) is 0 Å². The van der Waals surface area contributed by atoms with Crippen molar-refractivity contribution in [1.29, 1.82) is 0 Å². The average Bonchev–Trinajstić information content (AvgIpc) is 2.82. The van der Waals surface area contributed by atoms with E-state index in [1.807, 2.05) is 6.07 Å². The van der Waals surface area contributed by atoms with Gasteiger partial charge < -0.3 is 0 Å². The largest absolute Gasteiger partial charge is 0.290 e. The molecule has 0 aliphatic carbocycles. The van der Waals surface area contributed by atoms with Crippen molar-refractivity contribution in [3.63, 3.8) is 0 Å². The number of rotatable bonds is 2. The van der Waals surface area contributed by atoms with E-state index in [9.17, 15) is 8.78 Å². The van der Waals surface area contributed by atoms with Crippen LogP contribution in [-0.4, -0.2) is 9.55 Å². The standard InChI is InChI=1S/C15H11ClF2N2/c1-9-6-7-10(17)15(14(9)18)20-12-5-3-2-4-11(12)19-13(20)8-16/h2-7H,8H2,1H3. The number of alkyl halides is 1. The van der Waals surface area contributed by atoms with Crippen LogP contribution in [0.25, 0.3) is 16.7 Å². The van der Waals surface area contributed by atoms with Gasteiger partial charge >= 0.3 is 0 Å². The average molecular weight is 293 g/mol. The normalized spacial score (nSPS) is 11.2. The molecule has 0 aliphatic rings. The van der Waals surface area contributed by atoms with Crippen molar-refractivity contribution in [2.24, 2.45) is 0 Å². The number of para-hydroxylation sites is 2. The predicted molar refractivity (Wildman–Crippen MR) is 75.3 cm³/mol. The highest BCUT2D eigenvalue weighted by Crippen LogP contribution is 2.27. The number of aromatic nitrogens is 2. The number of hydrogen-bond acceptors (Lipinski definition) is 1. The van der Waals surface area contributed by atoms with Gasteiger partial charge in [0.05, 0.1) is 16.9 Å². The molecule has 0 aliphatic heterocycles. The smallest absolute Gasteiger partial charge is 0.153 e. The second-order valence-electron chi connectivity index (χ2n) is 4.51. The van der Waals surface area contributed by atoms with Crippen LogP contribution in [0.1, 0.15) is 11.4 Å². The molecule has 0 fully saturated rings. The zero-order valence-electron chi connectivity index (χ0n) is 10.7. The Morgan fingerprint density at radius 1 is 1.15 bits per heavy atom. The first-order valence-electron chi connectivity index (χ1n) is 6.10. The van der Waals surface area contributed by atoms with Gasteiger partial charge in [-0.05, 0) is 30.7 Å². The first-order valence-corrected chi connectivity index (χ1v) is 6.64. The highest BCUT2D eigenvalue weighted by atomic mass is 35.5. The summed E-state index contributed by atoms with van der Waals surface area (Å²) in [6.07, 6.45) is 0. The molecule has 1 aromatic heterocycles. The maximum Gasteiger partial charge on any atom is 0.153 e. The molecule has 102 valence electrons. The molecular formula is C15H11ClF2N2. The maximum atomic E-state index is 14.3. The van der Waals surface area contributed by atoms with Gasteiger partial charge in [0, 0.05) is 0 Å². The molecule has 0 saturated carbocycles. The van der Waals surface area contributed by atoms with Crippen molar-refractivity contribution in [3.05, 3.63) is 59.4 Å². The Kier molecular flexibility index (Phi) is 3.18. The molecule has 0 unspecified atom stereocenters. The van der Waals surface area contributed by atoms with E-state index in [0.29, 0.717) is 22.4 Å². The van der Waals surface area contributed by atoms with Gasteiger partial charge in [-0.3, -0.25) is 4.57 Å². The lowest BCUT2D eigenvalue weighted by atomic mass is 10.2. The van der Waals surface area contributed by atoms with Gasteiger partial charge in [0.2, 0.25) is 0 Å². The van der Waals surface area contributed by atoms with Crippen LogP contribution in [0.3, 0.4) is 0 Å². The SMILES string of the molecule is Cc1ccc(F)c(-n2c(CCl)nc3ccccc32)c1F.